The lowest BCUT2D eigenvalue weighted by Gasteiger charge is -2.33. The molecule has 1 aliphatic rings. The molecule has 0 aromatic carbocycles. The van der Waals surface area contributed by atoms with Gasteiger partial charge in [-0.2, -0.15) is 0 Å². The molecular weight excluding hydrogens is 306 g/mol. The molecule has 1 saturated heterocycles. The van der Waals surface area contributed by atoms with Crippen molar-refractivity contribution >= 4 is 5.91 Å². The van der Waals surface area contributed by atoms with Gasteiger partial charge < -0.3 is 14.2 Å². The van der Waals surface area contributed by atoms with Crippen LogP contribution in [-0.4, -0.2) is 56.1 Å². The van der Waals surface area contributed by atoms with Gasteiger partial charge in [-0.3, -0.25) is 4.79 Å². The zero-order chi connectivity index (χ0) is 16.8. The molecule has 0 bridgehead atoms. The lowest BCUT2D eigenvalue weighted by Crippen LogP contribution is -2.47. The fourth-order valence-corrected chi connectivity index (χ4v) is 2.94. The number of morpholine rings is 1. The van der Waals surface area contributed by atoms with E-state index in [9.17, 15) is 4.79 Å². The zero-order valence-electron chi connectivity index (χ0n) is 14.0. The molecule has 2 aromatic heterocycles. The molecule has 2 aromatic rings. The summed E-state index contributed by atoms with van der Waals surface area (Å²) in [5.41, 5.74) is 1.00. The molecule has 0 radical (unpaired) electrons. The number of ether oxygens (including phenoxy) is 1. The first-order valence-corrected chi connectivity index (χ1v) is 8.40. The van der Waals surface area contributed by atoms with Crippen LogP contribution in [0, 0.1) is 0 Å². The average molecular weight is 329 g/mol. The van der Waals surface area contributed by atoms with Crippen molar-refractivity contribution < 1.29 is 9.53 Å². The maximum Gasteiger partial charge on any atom is 0.242 e. The van der Waals surface area contributed by atoms with Crippen LogP contribution >= 0.6 is 0 Å². The van der Waals surface area contributed by atoms with Crippen LogP contribution in [-0.2, 0) is 28.9 Å². The van der Waals surface area contributed by atoms with Crippen molar-refractivity contribution in [3.8, 4) is 0 Å². The molecule has 24 heavy (non-hydrogen) atoms. The maximum absolute atomic E-state index is 12.6. The average Bonchev–Trinajstić information content (AvgIpc) is 3.08. The van der Waals surface area contributed by atoms with Crippen molar-refractivity contribution in [1.29, 1.82) is 0 Å². The molecule has 1 unspecified atom stereocenters. The standard InChI is InChI=1S/C17H23N5O2/c1-2-16-19-7-8-21(16)12-17(23)22-9-10-24-15(11-22)4-3-14-5-6-18-13-20-14/h5-8,13,15H,2-4,9-12H2,1H3. The van der Waals surface area contributed by atoms with Gasteiger partial charge in [-0.15, -0.1) is 0 Å². The third kappa shape index (κ3) is 4.17. The number of amides is 1. The van der Waals surface area contributed by atoms with Crippen LogP contribution in [0.4, 0.5) is 0 Å². The number of aryl methyl sites for hydroxylation is 2. The second-order valence-electron chi connectivity index (χ2n) is 5.90. The van der Waals surface area contributed by atoms with Crippen LogP contribution in [0.5, 0.6) is 0 Å². The fraction of sp³-hybridized carbons (Fsp3) is 0.529. The van der Waals surface area contributed by atoms with Gasteiger partial charge in [0.1, 0.15) is 18.7 Å². The van der Waals surface area contributed by atoms with E-state index in [0.29, 0.717) is 26.2 Å². The molecule has 1 amide bonds. The van der Waals surface area contributed by atoms with Gasteiger partial charge in [0.25, 0.3) is 0 Å². The van der Waals surface area contributed by atoms with Gasteiger partial charge in [0.15, 0.2) is 0 Å². The Labute approximate surface area is 141 Å². The third-order valence-electron chi connectivity index (χ3n) is 4.28. The number of imidazole rings is 1. The zero-order valence-corrected chi connectivity index (χ0v) is 14.0. The molecule has 0 saturated carbocycles. The summed E-state index contributed by atoms with van der Waals surface area (Å²) in [5.74, 6) is 1.06. The van der Waals surface area contributed by atoms with Crippen LogP contribution in [0.1, 0.15) is 24.9 Å². The molecule has 1 fully saturated rings. The smallest absolute Gasteiger partial charge is 0.242 e. The van der Waals surface area contributed by atoms with Crippen molar-refractivity contribution in [2.24, 2.45) is 0 Å². The van der Waals surface area contributed by atoms with Gasteiger partial charge >= 0.3 is 0 Å². The normalized spacial score (nSPS) is 17.9. The Morgan fingerprint density at radius 3 is 3.08 bits per heavy atom. The van der Waals surface area contributed by atoms with E-state index in [1.807, 2.05) is 28.7 Å². The molecule has 3 heterocycles. The summed E-state index contributed by atoms with van der Waals surface area (Å²) in [5, 5.41) is 0. The van der Waals surface area contributed by atoms with Crippen molar-refractivity contribution in [2.45, 2.75) is 38.8 Å². The second kappa shape index (κ2) is 8.01. The predicted molar refractivity (Wildman–Crippen MR) is 88.3 cm³/mol. The van der Waals surface area contributed by atoms with Crippen molar-refractivity contribution in [3.05, 3.63) is 42.5 Å². The number of rotatable bonds is 6. The van der Waals surface area contributed by atoms with Crippen LogP contribution in [0.3, 0.4) is 0 Å². The van der Waals surface area contributed by atoms with Gasteiger partial charge in [0, 0.05) is 43.8 Å². The number of hydrogen-bond acceptors (Lipinski definition) is 5. The van der Waals surface area contributed by atoms with Crippen molar-refractivity contribution in [1.82, 2.24) is 24.4 Å². The number of nitrogens with zero attached hydrogens (tertiary/aromatic N) is 5. The highest BCUT2D eigenvalue weighted by Gasteiger charge is 2.24. The minimum Gasteiger partial charge on any atom is -0.375 e. The van der Waals surface area contributed by atoms with Crippen LogP contribution in [0.15, 0.2) is 31.0 Å². The van der Waals surface area contributed by atoms with Crippen LogP contribution in [0.25, 0.3) is 0 Å². The number of aromatic nitrogens is 4. The van der Waals surface area contributed by atoms with Crippen molar-refractivity contribution in [3.63, 3.8) is 0 Å². The van der Waals surface area contributed by atoms with E-state index in [1.54, 1.807) is 18.7 Å². The van der Waals surface area contributed by atoms with Gasteiger partial charge in [-0.25, -0.2) is 15.0 Å². The molecule has 128 valence electrons. The Balaban J connectivity index is 1.52. The molecule has 0 spiro atoms. The van der Waals surface area contributed by atoms with E-state index in [4.69, 9.17) is 4.74 Å². The summed E-state index contributed by atoms with van der Waals surface area (Å²) in [6.07, 6.45) is 9.48. The van der Waals surface area contributed by atoms with E-state index >= 15 is 0 Å². The Morgan fingerprint density at radius 2 is 2.29 bits per heavy atom. The SMILES string of the molecule is CCc1nccn1CC(=O)N1CCOC(CCc2ccncn2)C1. The topological polar surface area (TPSA) is 73.1 Å². The van der Waals surface area contributed by atoms with Gasteiger partial charge in [0.2, 0.25) is 5.91 Å². The lowest BCUT2D eigenvalue weighted by molar-refractivity contribution is -0.139. The first-order chi connectivity index (χ1) is 11.8. The summed E-state index contributed by atoms with van der Waals surface area (Å²) < 4.78 is 7.73. The first-order valence-electron chi connectivity index (χ1n) is 8.40. The lowest BCUT2D eigenvalue weighted by atomic mass is 10.1. The molecule has 0 aliphatic carbocycles. The molecule has 3 rings (SSSR count). The maximum atomic E-state index is 12.6. The monoisotopic (exact) mass is 329 g/mol. The molecule has 1 atom stereocenters. The van der Waals surface area contributed by atoms with Gasteiger partial charge in [-0.1, -0.05) is 6.92 Å². The Hall–Kier alpha value is -2.28. The Morgan fingerprint density at radius 1 is 1.38 bits per heavy atom. The molecule has 1 aliphatic heterocycles. The van der Waals surface area contributed by atoms with Crippen LogP contribution < -0.4 is 0 Å². The van der Waals surface area contributed by atoms with Gasteiger partial charge in [-0.05, 0) is 18.9 Å². The summed E-state index contributed by atoms with van der Waals surface area (Å²) >= 11 is 0. The minimum absolute atomic E-state index is 0.0612. The molecular formula is C17H23N5O2. The quantitative estimate of drug-likeness (QED) is 0.793. The second-order valence-corrected chi connectivity index (χ2v) is 5.90. The minimum atomic E-state index is 0.0612. The summed E-state index contributed by atoms with van der Waals surface area (Å²) in [4.78, 5) is 26.9. The number of carbonyl (C=O) groups excluding carboxylic acids is 1. The van der Waals surface area contributed by atoms with E-state index in [2.05, 4.69) is 15.0 Å². The molecule has 0 N–H and O–H groups in total. The highest BCUT2D eigenvalue weighted by atomic mass is 16.5. The van der Waals surface area contributed by atoms with Crippen molar-refractivity contribution in [2.75, 3.05) is 19.7 Å². The van der Waals surface area contributed by atoms with E-state index < -0.39 is 0 Å². The highest BCUT2D eigenvalue weighted by Crippen LogP contribution is 2.12. The van der Waals surface area contributed by atoms with Gasteiger partial charge in [0.05, 0.1) is 12.7 Å². The summed E-state index contributed by atoms with van der Waals surface area (Å²) in [7, 11) is 0. The summed E-state index contributed by atoms with van der Waals surface area (Å²) in [6.45, 7) is 4.27. The Kier molecular flexibility index (Phi) is 5.53. The highest BCUT2D eigenvalue weighted by molar-refractivity contribution is 5.76. The number of hydrogen-bond donors (Lipinski definition) is 0. The molecule has 7 nitrogen and oxygen atoms in total. The van der Waals surface area contributed by atoms with E-state index in [0.717, 1.165) is 30.8 Å². The van der Waals surface area contributed by atoms with E-state index in [1.165, 1.54) is 0 Å². The predicted octanol–water partition coefficient (Wildman–Crippen LogP) is 1.10. The largest absolute Gasteiger partial charge is 0.375 e. The first kappa shape index (κ1) is 16.6. The Bertz CT molecular complexity index is 658. The van der Waals surface area contributed by atoms with Crippen LogP contribution in [0.2, 0.25) is 0 Å². The summed E-state index contributed by atoms with van der Waals surface area (Å²) in [6, 6.07) is 1.91. The third-order valence-corrected chi connectivity index (χ3v) is 4.28. The fourth-order valence-electron chi connectivity index (χ4n) is 2.94. The number of carbonyl (C=O) groups is 1. The van der Waals surface area contributed by atoms with E-state index in [-0.39, 0.29) is 12.0 Å². The molecule has 7 heteroatoms.